The van der Waals surface area contributed by atoms with Gasteiger partial charge in [0.25, 0.3) is 11.6 Å². The first-order valence-electron chi connectivity index (χ1n) is 10.7. The lowest BCUT2D eigenvalue weighted by atomic mass is 10.1. The monoisotopic (exact) mass is 464 g/mol. The summed E-state index contributed by atoms with van der Waals surface area (Å²) >= 11 is 0. The third-order valence-electron chi connectivity index (χ3n) is 5.82. The quantitative estimate of drug-likeness (QED) is 0.440. The smallest absolute Gasteiger partial charge is 0.330 e. The van der Waals surface area contributed by atoms with Crippen LogP contribution in [-0.4, -0.2) is 57.4 Å². The highest BCUT2D eigenvalue weighted by atomic mass is 16.6. The number of nitrogens with zero attached hydrogens (tertiary/aromatic N) is 4. The standard InChI is InChI=1S/C23H24N6O5/c1-15-14-24-23(32)28(15)19-5-3-4-18(13-19)25-22(31)17-6-7-20(21(12-17)29(33)34)27-10-8-26(9-11-27)16(2)30/h3-7,12-14H,8-11H2,1-2H3,(H,24,32)(H,25,31). The number of aryl methyl sites for hydroxylation is 1. The van der Waals surface area contributed by atoms with Crippen LogP contribution >= 0.6 is 0 Å². The molecule has 1 aliphatic rings. The molecule has 1 saturated heterocycles. The van der Waals surface area contributed by atoms with E-state index in [1.807, 2.05) is 4.90 Å². The number of H-pyrrole nitrogens is 1. The van der Waals surface area contributed by atoms with Crippen molar-refractivity contribution in [2.24, 2.45) is 0 Å². The molecule has 0 aliphatic carbocycles. The Morgan fingerprint density at radius 3 is 2.44 bits per heavy atom. The van der Waals surface area contributed by atoms with Gasteiger partial charge in [0.2, 0.25) is 5.91 Å². The van der Waals surface area contributed by atoms with Crippen LogP contribution in [-0.2, 0) is 4.79 Å². The summed E-state index contributed by atoms with van der Waals surface area (Å²) in [6.07, 6.45) is 1.59. The van der Waals surface area contributed by atoms with Crippen molar-refractivity contribution in [3.63, 3.8) is 0 Å². The molecule has 34 heavy (non-hydrogen) atoms. The number of nitro groups is 1. The fourth-order valence-corrected chi connectivity index (χ4v) is 4.04. The molecule has 2 aromatic carbocycles. The number of imidazole rings is 1. The van der Waals surface area contributed by atoms with Gasteiger partial charge in [0.15, 0.2) is 0 Å². The van der Waals surface area contributed by atoms with Gasteiger partial charge in [-0.05, 0) is 37.3 Å². The maximum absolute atomic E-state index is 12.9. The molecule has 1 fully saturated rings. The molecule has 3 aromatic rings. The average molecular weight is 464 g/mol. The second-order valence-corrected chi connectivity index (χ2v) is 8.03. The predicted octanol–water partition coefficient (Wildman–Crippen LogP) is 2.30. The lowest BCUT2D eigenvalue weighted by molar-refractivity contribution is -0.384. The summed E-state index contributed by atoms with van der Waals surface area (Å²) in [4.78, 5) is 53.9. The highest BCUT2D eigenvalue weighted by molar-refractivity contribution is 6.05. The van der Waals surface area contributed by atoms with Crippen LogP contribution in [0.15, 0.2) is 53.5 Å². The molecular weight excluding hydrogens is 440 g/mol. The van der Waals surface area contributed by atoms with Crippen LogP contribution in [0.3, 0.4) is 0 Å². The van der Waals surface area contributed by atoms with Crippen LogP contribution < -0.4 is 15.9 Å². The van der Waals surface area contributed by atoms with Gasteiger partial charge in [-0.3, -0.25) is 24.3 Å². The molecule has 0 radical (unpaired) electrons. The van der Waals surface area contributed by atoms with Crippen molar-refractivity contribution in [1.82, 2.24) is 14.5 Å². The molecule has 1 aromatic heterocycles. The second kappa shape index (κ2) is 9.22. The third kappa shape index (κ3) is 4.53. The number of amides is 2. The Kier molecular flexibility index (Phi) is 6.17. The third-order valence-corrected chi connectivity index (χ3v) is 5.82. The molecule has 0 spiro atoms. The van der Waals surface area contributed by atoms with Gasteiger partial charge in [-0.25, -0.2) is 4.79 Å². The summed E-state index contributed by atoms with van der Waals surface area (Å²) < 4.78 is 1.47. The fourth-order valence-electron chi connectivity index (χ4n) is 4.04. The molecule has 0 saturated carbocycles. The lowest BCUT2D eigenvalue weighted by Crippen LogP contribution is -2.48. The van der Waals surface area contributed by atoms with Gasteiger partial charge in [-0.15, -0.1) is 0 Å². The number of rotatable bonds is 5. The van der Waals surface area contributed by atoms with E-state index in [1.165, 1.54) is 17.6 Å². The number of hydrogen-bond donors (Lipinski definition) is 2. The summed E-state index contributed by atoms with van der Waals surface area (Å²) in [6, 6.07) is 11.1. The van der Waals surface area contributed by atoms with Crippen molar-refractivity contribution in [3.8, 4) is 5.69 Å². The van der Waals surface area contributed by atoms with Gasteiger partial charge >= 0.3 is 5.69 Å². The summed E-state index contributed by atoms with van der Waals surface area (Å²) in [5, 5.41) is 14.5. The molecule has 0 atom stereocenters. The minimum atomic E-state index is -0.509. The van der Waals surface area contributed by atoms with Crippen LogP contribution in [0.1, 0.15) is 23.0 Å². The number of carbonyl (C=O) groups is 2. The molecular formula is C23H24N6O5. The SMILES string of the molecule is CC(=O)N1CCN(c2ccc(C(=O)Nc3cccc(-n4c(C)c[nH]c4=O)c3)cc2[N+](=O)[O-])CC1. The average Bonchev–Trinajstić information content (AvgIpc) is 3.16. The molecule has 11 nitrogen and oxygen atoms in total. The molecule has 0 bridgehead atoms. The van der Waals surface area contributed by atoms with Gasteiger partial charge < -0.3 is 20.1 Å². The number of aromatic nitrogens is 2. The molecule has 2 N–H and O–H groups in total. The van der Waals surface area contributed by atoms with E-state index in [0.29, 0.717) is 48.9 Å². The van der Waals surface area contributed by atoms with Crippen LogP contribution in [0.25, 0.3) is 5.69 Å². The Balaban J connectivity index is 1.55. The number of aromatic amines is 1. The molecule has 0 unspecified atom stereocenters. The zero-order valence-corrected chi connectivity index (χ0v) is 18.8. The van der Waals surface area contributed by atoms with Crippen molar-refractivity contribution in [2.45, 2.75) is 13.8 Å². The lowest BCUT2D eigenvalue weighted by Gasteiger charge is -2.35. The minimum absolute atomic E-state index is 0.0261. The predicted molar refractivity (Wildman–Crippen MR) is 127 cm³/mol. The van der Waals surface area contributed by atoms with Gasteiger partial charge in [-0.2, -0.15) is 0 Å². The highest BCUT2D eigenvalue weighted by Crippen LogP contribution is 2.30. The summed E-state index contributed by atoms with van der Waals surface area (Å²) in [5.41, 5.74) is 1.81. The van der Waals surface area contributed by atoms with Crippen LogP contribution in [0.5, 0.6) is 0 Å². The number of carbonyl (C=O) groups excluding carboxylic acids is 2. The molecule has 2 heterocycles. The maximum atomic E-state index is 12.9. The van der Waals surface area contributed by atoms with Gasteiger partial charge in [0, 0.05) is 62.3 Å². The van der Waals surface area contributed by atoms with Crippen molar-refractivity contribution in [3.05, 3.63) is 80.5 Å². The van der Waals surface area contributed by atoms with Crippen molar-refractivity contribution >= 4 is 28.9 Å². The Hall–Kier alpha value is -4.41. The van der Waals surface area contributed by atoms with Gasteiger partial charge in [0.05, 0.1) is 10.6 Å². The fraction of sp³-hybridized carbons (Fsp3) is 0.261. The van der Waals surface area contributed by atoms with E-state index >= 15 is 0 Å². The minimum Gasteiger partial charge on any atom is -0.362 e. The van der Waals surface area contributed by atoms with E-state index in [2.05, 4.69) is 10.3 Å². The van der Waals surface area contributed by atoms with Crippen LogP contribution in [0.4, 0.5) is 17.1 Å². The Morgan fingerprint density at radius 1 is 1.09 bits per heavy atom. The molecule has 176 valence electrons. The first-order valence-corrected chi connectivity index (χ1v) is 10.7. The number of hydrogen-bond acceptors (Lipinski definition) is 6. The number of piperazine rings is 1. The largest absolute Gasteiger partial charge is 0.362 e. The first kappa shape index (κ1) is 22.8. The molecule has 2 amide bonds. The van der Waals surface area contributed by atoms with E-state index in [4.69, 9.17) is 0 Å². The summed E-state index contributed by atoms with van der Waals surface area (Å²) in [6.45, 7) is 5.18. The van der Waals surface area contributed by atoms with Crippen molar-refractivity contribution in [1.29, 1.82) is 0 Å². The normalized spacial score (nSPS) is 13.6. The second-order valence-electron chi connectivity index (χ2n) is 8.03. The van der Waals surface area contributed by atoms with Crippen LogP contribution in [0, 0.1) is 17.0 Å². The molecule has 1 aliphatic heterocycles. The van der Waals surface area contributed by atoms with Gasteiger partial charge in [0.1, 0.15) is 5.69 Å². The Morgan fingerprint density at radius 2 is 1.82 bits per heavy atom. The van der Waals surface area contributed by atoms with E-state index in [0.717, 1.165) is 0 Å². The van der Waals surface area contributed by atoms with Crippen molar-refractivity contribution in [2.75, 3.05) is 36.4 Å². The highest BCUT2D eigenvalue weighted by Gasteiger charge is 2.26. The first-order chi connectivity index (χ1) is 16.2. The van der Waals surface area contributed by atoms with Crippen LogP contribution in [0.2, 0.25) is 0 Å². The van der Waals surface area contributed by atoms with Crippen molar-refractivity contribution < 1.29 is 14.5 Å². The van der Waals surface area contributed by atoms with Gasteiger partial charge in [-0.1, -0.05) is 6.07 Å². The number of anilines is 2. The summed E-state index contributed by atoms with van der Waals surface area (Å²) in [7, 11) is 0. The zero-order valence-electron chi connectivity index (χ0n) is 18.8. The van der Waals surface area contributed by atoms with E-state index in [-0.39, 0.29) is 22.8 Å². The number of nitrogens with one attached hydrogen (secondary N) is 2. The number of benzene rings is 2. The Bertz CT molecular complexity index is 1320. The molecule has 11 heteroatoms. The van der Waals surface area contributed by atoms with E-state index in [1.54, 1.807) is 54.4 Å². The maximum Gasteiger partial charge on any atom is 0.330 e. The Labute approximate surface area is 194 Å². The topological polar surface area (TPSA) is 134 Å². The number of nitro benzene ring substituents is 1. The zero-order chi connectivity index (χ0) is 24.4. The van der Waals surface area contributed by atoms with E-state index < -0.39 is 10.8 Å². The van der Waals surface area contributed by atoms with E-state index in [9.17, 15) is 24.5 Å². The summed E-state index contributed by atoms with van der Waals surface area (Å²) in [5.74, 6) is -0.534. The molecule has 4 rings (SSSR count).